The SMILES string of the molecule is CCNC(CCOCCOC)C1=CCCCC1. The van der Waals surface area contributed by atoms with Gasteiger partial charge in [0.1, 0.15) is 0 Å². The van der Waals surface area contributed by atoms with Gasteiger partial charge in [0.15, 0.2) is 0 Å². The van der Waals surface area contributed by atoms with E-state index in [0.717, 1.165) is 19.6 Å². The third-order valence-corrected chi connectivity index (χ3v) is 3.21. The van der Waals surface area contributed by atoms with Crippen LogP contribution in [-0.2, 0) is 9.47 Å². The molecule has 1 atom stereocenters. The predicted octanol–water partition coefficient (Wildman–Crippen LogP) is 2.52. The first-order valence-corrected chi connectivity index (χ1v) is 6.87. The minimum atomic E-state index is 0.517. The molecular weight excluding hydrogens is 214 g/mol. The summed E-state index contributed by atoms with van der Waals surface area (Å²) in [6.07, 6.45) is 8.71. The predicted molar refractivity (Wildman–Crippen MR) is 71.3 cm³/mol. The van der Waals surface area contributed by atoms with Crippen LogP contribution in [0.4, 0.5) is 0 Å². The highest BCUT2D eigenvalue weighted by Gasteiger charge is 2.14. The van der Waals surface area contributed by atoms with Crippen molar-refractivity contribution >= 4 is 0 Å². The molecule has 0 aromatic rings. The molecule has 17 heavy (non-hydrogen) atoms. The van der Waals surface area contributed by atoms with Crippen LogP contribution in [-0.4, -0.2) is 39.5 Å². The Morgan fingerprint density at radius 1 is 1.29 bits per heavy atom. The van der Waals surface area contributed by atoms with Crippen molar-refractivity contribution in [2.75, 3.05) is 33.5 Å². The second-order valence-corrected chi connectivity index (χ2v) is 4.53. The Hall–Kier alpha value is -0.380. The maximum atomic E-state index is 5.55. The molecule has 100 valence electrons. The van der Waals surface area contributed by atoms with E-state index < -0.39 is 0 Å². The molecule has 0 aromatic carbocycles. The van der Waals surface area contributed by atoms with Gasteiger partial charge in [-0.15, -0.1) is 0 Å². The van der Waals surface area contributed by atoms with Crippen LogP contribution in [0.2, 0.25) is 0 Å². The summed E-state index contributed by atoms with van der Waals surface area (Å²) in [5, 5.41) is 3.56. The molecule has 0 aromatic heterocycles. The molecule has 0 bridgehead atoms. The first kappa shape index (κ1) is 14.7. The summed E-state index contributed by atoms with van der Waals surface area (Å²) in [7, 11) is 1.71. The van der Waals surface area contributed by atoms with Crippen LogP contribution in [0.5, 0.6) is 0 Å². The van der Waals surface area contributed by atoms with E-state index in [4.69, 9.17) is 9.47 Å². The van der Waals surface area contributed by atoms with E-state index in [-0.39, 0.29) is 0 Å². The average Bonchev–Trinajstić information content (AvgIpc) is 2.38. The Labute approximate surface area is 106 Å². The highest BCUT2D eigenvalue weighted by Crippen LogP contribution is 2.21. The van der Waals surface area contributed by atoms with Crippen molar-refractivity contribution in [1.82, 2.24) is 5.32 Å². The van der Waals surface area contributed by atoms with Gasteiger partial charge in [-0.05, 0) is 38.6 Å². The molecule has 0 spiro atoms. The Kier molecular flexibility index (Phi) is 8.32. The minimum absolute atomic E-state index is 0.517. The molecule has 0 fully saturated rings. The fourth-order valence-electron chi connectivity index (χ4n) is 2.29. The number of hydrogen-bond acceptors (Lipinski definition) is 3. The summed E-state index contributed by atoms with van der Waals surface area (Å²) in [5.41, 5.74) is 1.59. The van der Waals surface area contributed by atoms with Gasteiger partial charge in [-0.25, -0.2) is 0 Å². The summed E-state index contributed by atoms with van der Waals surface area (Å²) in [5.74, 6) is 0. The largest absolute Gasteiger partial charge is 0.382 e. The molecule has 1 N–H and O–H groups in total. The Morgan fingerprint density at radius 2 is 2.18 bits per heavy atom. The number of likely N-dealkylation sites (N-methyl/N-ethyl adjacent to an activating group) is 1. The number of allylic oxidation sites excluding steroid dienone is 1. The molecule has 0 saturated carbocycles. The first-order chi connectivity index (χ1) is 8.38. The Morgan fingerprint density at radius 3 is 2.82 bits per heavy atom. The van der Waals surface area contributed by atoms with Gasteiger partial charge in [-0.3, -0.25) is 0 Å². The molecule has 3 heteroatoms. The number of hydrogen-bond donors (Lipinski definition) is 1. The van der Waals surface area contributed by atoms with Crippen LogP contribution in [0.25, 0.3) is 0 Å². The van der Waals surface area contributed by atoms with Gasteiger partial charge < -0.3 is 14.8 Å². The number of rotatable bonds is 9. The van der Waals surface area contributed by atoms with Gasteiger partial charge in [0, 0.05) is 19.8 Å². The van der Waals surface area contributed by atoms with Crippen molar-refractivity contribution in [3.05, 3.63) is 11.6 Å². The van der Waals surface area contributed by atoms with Crippen molar-refractivity contribution < 1.29 is 9.47 Å². The second kappa shape index (κ2) is 9.63. The normalized spacial score (nSPS) is 17.9. The minimum Gasteiger partial charge on any atom is -0.382 e. The van der Waals surface area contributed by atoms with Crippen molar-refractivity contribution in [2.24, 2.45) is 0 Å². The molecule has 0 amide bonds. The van der Waals surface area contributed by atoms with Crippen LogP contribution in [0, 0.1) is 0 Å². The van der Waals surface area contributed by atoms with E-state index in [0.29, 0.717) is 19.3 Å². The van der Waals surface area contributed by atoms with E-state index in [9.17, 15) is 0 Å². The lowest BCUT2D eigenvalue weighted by Gasteiger charge is -2.24. The molecular formula is C14H27NO2. The van der Waals surface area contributed by atoms with Crippen LogP contribution < -0.4 is 5.32 Å². The fourth-order valence-corrected chi connectivity index (χ4v) is 2.29. The zero-order chi connectivity index (χ0) is 12.3. The summed E-state index contributed by atoms with van der Waals surface area (Å²) < 4.78 is 10.5. The lowest BCUT2D eigenvalue weighted by Crippen LogP contribution is -2.32. The first-order valence-electron chi connectivity index (χ1n) is 6.87. The molecule has 1 aliphatic carbocycles. The zero-order valence-electron chi connectivity index (χ0n) is 11.3. The molecule has 0 saturated heterocycles. The Balaban J connectivity index is 2.24. The van der Waals surface area contributed by atoms with Gasteiger partial charge in [0.25, 0.3) is 0 Å². The number of methoxy groups -OCH3 is 1. The topological polar surface area (TPSA) is 30.5 Å². The lowest BCUT2D eigenvalue weighted by atomic mass is 9.92. The van der Waals surface area contributed by atoms with Gasteiger partial charge in [0.05, 0.1) is 13.2 Å². The molecule has 1 aliphatic rings. The van der Waals surface area contributed by atoms with E-state index in [1.807, 2.05) is 0 Å². The van der Waals surface area contributed by atoms with E-state index in [2.05, 4.69) is 18.3 Å². The fraction of sp³-hybridized carbons (Fsp3) is 0.857. The molecule has 1 rings (SSSR count). The van der Waals surface area contributed by atoms with Crippen LogP contribution >= 0.6 is 0 Å². The third kappa shape index (κ3) is 6.20. The summed E-state index contributed by atoms with van der Waals surface area (Å²) in [4.78, 5) is 0. The van der Waals surface area contributed by atoms with Gasteiger partial charge in [-0.2, -0.15) is 0 Å². The molecule has 0 heterocycles. The second-order valence-electron chi connectivity index (χ2n) is 4.53. The maximum absolute atomic E-state index is 5.55. The standard InChI is InChI=1S/C14H27NO2/c1-3-15-14(9-10-17-12-11-16-2)13-7-5-4-6-8-13/h7,14-15H,3-6,8-12H2,1-2H3. The van der Waals surface area contributed by atoms with E-state index >= 15 is 0 Å². The van der Waals surface area contributed by atoms with Crippen LogP contribution in [0.1, 0.15) is 39.0 Å². The van der Waals surface area contributed by atoms with E-state index in [1.165, 1.54) is 25.7 Å². The number of ether oxygens (including phenoxy) is 2. The summed E-state index contributed by atoms with van der Waals surface area (Å²) in [6.45, 7) is 5.41. The Bertz CT molecular complexity index is 216. The maximum Gasteiger partial charge on any atom is 0.0700 e. The highest BCUT2D eigenvalue weighted by atomic mass is 16.5. The molecule has 1 unspecified atom stereocenters. The van der Waals surface area contributed by atoms with Gasteiger partial charge >= 0.3 is 0 Å². The van der Waals surface area contributed by atoms with Crippen LogP contribution in [0.3, 0.4) is 0 Å². The molecule has 3 nitrogen and oxygen atoms in total. The van der Waals surface area contributed by atoms with Crippen molar-refractivity contribution in [1.29, 1.82) is 0 Å². The van der Waals surface area contributed by atoms with Gasteiger partial charge in [-0.1, -0.05) is 18.6 Å². The van der Waals surface area contributed by atoms with Crippen molar-refractivity contribution in [3.8, 4) is 0 Å². The van der Waals surface area contributed by atoms with Crippen LogP contribution in [0.15, 0.2) is 11.6 Å². The third-order valence-electron chi connectivity index (χ3n) is 3.21. The lowest BCUT2D eigenvalue weighted by molar-refractivity contribution is 0.0669. The summed E-state index contributed by atoms with van der Waals surface area (Å²) >= 11 is 0. The zero-order valence-corrected chi connectivity index (χ0v) is 11.3. The quantitative estimate of drug-likeness (QED) is 0.497. The monoisotopic (exact) mass is 241 g/mol. The molecule has 0 radical (unpaired) electrons. The average molecular weight is 241 g/mol. The molecule has 0 aliphatic heterocycles. The highest BCUT2D eigenvalue weighted by molar-refractivity contribution is 5.13. The van der Waals surface area contributed by atoms with E-state index in [1.54, 1.807) is 12.7 Å². The van der Waals surface area contributed by atoms with Crippen molar-refractivity contribution in [2.45, 2.75) is 45.1 Å². The smallest absolute Gasteiger partial charge is 0.0700 e. The number of nitrogens with one attached hydrogen (secondary N) is 1. The van der Waals surface area contributed by atoms with Gasteiger partial charge in [0.2, 0.25) is 0 Å². The van der Waals surface area contributed by atoms with Crippen molar-refractivity contribution in [3.63, 3.8) is 0 Å². The summed E-state index contributed by atoms with van der Waals surface area (Å²) in [6, 6.07) is 0.517.